The van der Waals surface area contributed by atoms with Crippen molar-refractivity contribution < 1.29 is 4.57 Å². The van der Waals surface area contributed by atoms with Crippen molar-refractivity contribution in [2.24, 2.45) is 0 Å². The molecule has 1 nitrogen and oxygen atoms in total. The summed E-state index contributed by atoms with van der Waals surface area (Å²) in [5.74, 6) is 0. The van der Waals surface area contributed by atoms with Crippen LogP contribution in [0.2, 0.25) is 0 Å². The average Bonchev–Trinajstić information content (AvgIpc) is 3.08. The van der Waals surface area contributed by atoms with Gasteiger partial charge < -0.3 is 4.57 Å². The van der Waals surface area contributed by atoms with Crippen molar-refractivity contribution >= 4 is 45.0 Å². The van der Waals surface area contributed by atoms with E-state index in [1.807, 2.05) is 24.3 Å². The van der Waals surface area contributed by atoms with Crippen molar-refractivity contribution in [3.8, 4) is 0 Å². The van der Waals surface area contributed by atoms with E-state index in [2.05, 4.69) is 105 Å². The Morgan fingerprint density at radius 3 is 1.91 bits per heavy atom. The van der Waals surface area contributed by atoms with Gasteiger partial charge in [-0.3, -0.25) is 0 Å². The lowest BCUT2D eigenvalue weighted by Crippen LogP contribution is -2.29. The molecule has 5 aromatic rings. The standard InChI is InChI=1S/C33H25OP/c1-33(2)28-16-8-5-13-25(28)31-26-14-6-9-17-29(26)35(34,30-18-10-7-15-27(30)32(31)33)24-20-19-22-11-3-4-12-23(22)21-24/h3-21H,1-2H3. The summed E-state index contributed by atoms with van der Waals surface area (Å²) in [5.41, 5.74) is 7.09. The smallest absolute Gasteiger partial charge is 0.172 e. The van der Waals surface area contributed by atoms with Crippen LogP contribution in [0.5, 0.6) is 0 Å². The van der Waals surface area contributed by atoms with E-state index >= 15 is 4.57 Å². The predicted octanol–water partition coefficient (Wildman–Crippen LogP) is 7.04. The third kappa shape index (κ3) is 2.68. The van der Waals surface area contributed by atoms with Gasteiger partial charge in [-0.2, -0.15) is 0 Å². The number of allylic oxidation sites excluding steroid dienone is 1. The molecule has 168 valence electrons. The third-order valence-electron chi connectivity index (χ3n) is 7.87. The number of rotatable bonds is 1. The zero-order valence-corrected chi connectivity index (χ0v) is 20.7. The molecule has 0 aromatic heterocycles. The minimum atomic E-state index is -3.16. The van der Waals surface area contributed by atoms with Crippen molar-refractivity contribution in [1.82, 2.24) is 0 Å². The Balaban J connectivity index is 1.65. The fraction of sp³-hybridized carbons (Fsp3) is 0.0909. The van der Waals surface area contributed by atoms with Gasteiger partial charge in [0.05, 0.1) is 0 Å². The van der Waals surface area contributed by atoms with Crippen LogP contribution >= 0.6 is 7.14 Å². The summed E-state index contributed by atoms with van der Waals surface area (Å²) in [4.78, 5) is 0. The Labute approximate surface area is 206 Å². The Bertz CT molecular complexity index is 1750. The molecule has 0 saturated carbocycles. The summed E-state index contributed by atoms with van der Waals surface area (Å²) < 4.78 is 15.7. The monoisotopic (exact) mass is 468 g/mol. The van der Waals surface area contributed by atoms with Crippen LogP contribution in [0.25, 0.3) is 21.9 Å². The zero-order valence-electron chi connectivity index (χ0n) is 19.8. The molecule has 0 N–H and O–H groups in total. The third-order valence-corrected chi connectivity index (χ3v) is 11.0. The maximum Gasteiger partial charge on any atom is 0.172 e. The number of fused-ring (bicyclic) bond motifs is 7. The van der Waals surface area contributed by atoms with Gasteiger partial charge in [0.2, 0.25) is 0 Å². The van der Waals surface area contributed by atoms with E-state index < -0.39 is 7.14 Å². The van der Waals surface area contributed by atoms with Crippen LogP contribution < -0.4 is 15.9 Å². The number of benzene rings is 5. The van der Waals surface area contributed by atoms with Gasteiger partial charge >= 0.3 is 0 Å². The van der Waals surface area contributed by atoms with Gasteiger partial charge in [0, 0.05) is 21.3 Å². The van der Waals surface area contributed by atoms with Crippen molar-refractivity contribution in [3.63, 3.8) is 0 Å². The summed E-state index contributed by atoms with van der Waals surface area (Å²) in [6.45, 7) is 4.61. The number of hydrogen-bond donors (Lipinski definition) is 0. The molecule has 1 heterocycles. The Hall–Kier alpha value is -3.67. The second-order valence-corrected chi connectivity index (χ2v) is 12.8. The van der Waals surface area contributed by atoms with Gasteiger partial charge in [-0.1, -0.05) is 123 Å². The maximum atomic E-state index is 15.7. The van der Waals surface area contributed by atoms with Gasteiger partial charge in [-0.25, -0.2) is 0 Å². The molecule has 0 bridgehead atoms. The topological polar surface area (TPSA) is 17.1 Å². The van der Waals surface area contributed by atoms with Crippen LogP contribution in [0.15, 0.2) is 115 Å². The molecule has 2 heteroatoms. The van der Waals surface area contributed by atoms with E-state index in [9.17, 15) is 0 Å². The second kappa shape index (κ2) is 7.17. The second-order valence-electron chi connectivity index (χ2n) is 10.1. The molecule has 0 radical (unpaired) electrons. The highest BCUT2D eigenvalue weighted by Crippen LogP contribution is 2.58. The van der Waals surface area contributed by atoms with E-state index in [0.29, 0.717) is 0 Å². The van der Waals surface area contributed by atoms with Crippen LogP contribution in [0.3, 0.4) is 0 Å². The molecule has 0 amide bonds. The fourth-order valence-corrected chi connectivity index (χ4v) is 9.34. The molecule has 0 fully saturated rings. The first-order chi connectivity index (χ1) is 17.0. The van der Waals surface area contributed by atoms with Crippen molar-refractivity contribution in [2.75, 3.05) is 0 Å². The lowest BCUT2D eigenvalue weighted by Gasteiger charge is -2.28. The largest absolute Gasteiger partial charge is 0.309 e. The van der Waals surface area contributed by atoms with E-state index in [1.54, 1.807) is 0 Å². The van der Waals surface area contributed by atoms with E-state index in [-0.39, 0.29) is 5.41 Å². The molecular formula is C33H25OP. The molecule has 1 unspecified atom stereocenters. The van der Waals surface area contributed by atoms with Gasteiger partial charge in [0.25, 0.3) is 0 Å². The Morgan fingerprint density at radius 1 is 0.571 bits per heavy atom. The highest BCUT2D eigenvalue weighted by molar-refractivity contribution is 7.85. The minimum Gasteiger partial charge on any atom is -0.309 e. The highest BCUT2D eigenvalue weighted by Gasteiger charge is 2.46. The van der Waals surface area contributed by atoms with Crippen LogP contribution in [-0.4, -0.2) is 0 Å². The van der Waals surface area contributed by atoms with Gasteiger partial charge in [0.1, 0.15) is 0 Å². The van der Waals surface area contributed by atoms with E-state index in [0.717, 1.165) is 37.8 Å². The van der Waals surface area contributed by atoms with Crippen LogP contribution in [0, 0.1) is 0 Å². The molecule has 1 aliphatic heterocycles. The van der Waals surface area contributed by atoms with Gasteiger partial charge in [-0.05, 0) is 50.2 Å². The van der Waals surface area contributed by atoms with Crippen LogP contribution in [0.4, 0.5) is 0 Å². The highest BCUT2D eigenvalue weighted by atomic mass is 31.2. The van der Waals surface area contributed by atoms with Gasteiger partial charge in [-0.15, -0.1) is 0 Å². The van der Waals surface area contributed by atoms with E-state index in [1.165, 1.54) is 22.3 Å². The Kier molecular flexibility index (Phi) is 4.24. The molecule has 1 aliphatic carbocycles. The van der Waals surface area contributed by atoms with Crippen molar-refractivity contribution in [3.05, 3.63) is 138 Å². The van der Waals surface area contributed by atoms with Crippen LogP contribution in [-0.2, 0) is 9.98 Å². The predicted molar refractivity (Wildman–Crippen MR) is 149 cm³/mol. The molecule has 0 saturated heterocycles. The first-order valence-electron chi connectivity index (χ1n) is 12.2. The first kappa shape index (κ1) is 20.7. The normalized spacial score (nSPS) is 19.5. The Morgan fingerprint density at radius 2 is 1.14 bits per heavy atom. The molecular weight excluding hydrogens is 443 g/mol. The lowest BCUT2D eigenvalue weighted by atomic mass is 9.78. The summed E-state index contributed by atoms with van der Waals surface area (Å²) in [6, 6.07) is 40.1. The summed E-state index contributed by atoms with van der Waals surface area (Å²) >= 11 is 0. The van der Waals surface area contributed by atoms with Crippen LogP contribution in [0.1, 0.15) is 36.1 Å². The zero-order chi connectivity index (χ0) is 23.8. The molecule has 1 atom stereocenters. The average molecular weight is 469 g/mol. The molecule has 7 rings (SSSR count). The summed E-state index contributed by atoms with van der Waals surface area (Å²) in [6.07, 6.45) is 0. The quantitative estimate of drug-likeness (QED) is 0.241. The van der Waals surface area contributed by atoms with Crippen molar-refractivity contribution in [2.45, 2.75) is 19.3 Å². The minimum absolute atomic E-state index is 0.201. The van der Waals surface area contributed by atoms with E-state index in [4.69, 9.17) is 0 Å². The SMILES string of the molecule is CC1(C)C2=C(c3ccccc31)c1ccccc1P(=O)(c1ccc3ccccc3c1)c1ccccc12. The fourth-order valence-electron chi connectivity index (χ4n) is 6.28. The molecule has 2 aliphatic rings. The summed E-state index contributed by atoms with van der Waals surface area (Å²) in [7, 11) is -3.16. The maximum absolute atomic E-state index is 15.7. The first-order valence-corrected chi connectivity index (χ1v) is 13.9. The number of hydrogen-bond acceptors (Lipinski definition) is 1. The van der Waals surface area contributed by atoms with Gasteiger partial charge in [0.15, 0.2) is 7.14 Å². The van der Waals surface area contributed by atoms with Crippen molar-refractivity contribution in [1.29, 1.82) is 0 Å². The molecule has 5 aromatic carbocycles. The summed E-state index contributed by atoms with van der Waals surface area (Å²) in [5, 5.41) is 5.04. The lowest BCUT2D eigenvalue weighted by molar-refractivity contribution is 0.592. The molecule has 0 spiro atoms. The molecule has 35 heavy (non-hydrogen) atoms.